The molecule has 0 saturated carbocycles. The summed E-state index contributed by atoms with van der Waals surface area (Å²) in [4.78, 5) is 19.3. The van der Waals surface area contributed by atoms with Gasteiger partial charge in [-0.15, -0.1) is 0 Å². The lowest BCUT2D eigenvalue weighted by Gasteiger charge is -2.02. The predicted molar refractivity (Wildman–Crippen MR) is 61.2 cm³/mol. The van der Waals surface area contributed by atoms with Crippen molar-refractivity contribution in [3.63, 3.8) is 0 Å². The lowest BCUT2D eigenvalue weighted by molar-refractivity contribution is 0.102. The van der Waals surface area contributed by atoms with Crippen molar-refractivity contribution in [1.82, 2.24) is 15.1 Å². The molecule has 1 N–H and O–H groups in total. The first kappa shape index (κ1) is 11.8. The van der Waals surface area contributed by atoms with Crippen LogP contribution in [0, 0.1) is 6.92 Å². The summed E-state index contributed by atoms with van der Waals surface area (Å²) >= 11 is 11.4. The molecule has 0 bridgehead atoms. The summed E-state index contributed by atoms with van der Waals surface area (Å²) in [5.74, 6) is -0.0801. The second-order valence-electron chi connectivity index (χ2n) is 3.07. The van der Waals surface area contributed by atoms with E-state index in [0.29, 0.717) is 5.82 Å². The summed E-state index contributed by atoms with van der Waals surface area (Å²) in [6.07, 6.45) is 0. The standard InChI is InChI=1S/C9H6Cl2N4O2/c1-4-12-9(17-15-4)14-8(16)5-2-3-6(10)13-7(5)11/h2-3H,1H3,(H,12,14,15,16). The monoisotopic (exact) mass is 272 g/mol. The fraction of sp³-hybridized carbons (Fsp3) is 0.111. The van der Waals surface area contributed by atoms with Crippen molar-refractivity contribution in [3.05, 3.63) is 33.8 Å². The Morgan fingerprint density at radius 1 is 1.35 bits per heavy atom. The van der Waals surface area contributed by atoms with Gasteiger partial charge in [0.25, 0.3) is 5.91 Å². The van der Waals surface area contributed by atoms with Crippen LogP contribution in [0.1, 0.15) is 16.2 Å². The number of halogens is 2. The van der Waals surface area contributed by atoms with Crippen LogP contribution >= 0.6 is 23.2 Å². The Hall–Kier alpha value is -1.66. The number of anilines is 1. The van der Waals surface area contributed by atoms with Crippen LogP contribution in [-0.4, -0.2) is 21.0 Å². The molecule has 2 rings (SSSR count). The molecular formula is C9H6Cl2N4O2. The van der Waals surface area contributed by atoms with Gasteiger partial charge in [0.2, 0.25) is 0 Å². The first-order chi connectivity index (χ1) is 8.06. The van der Waals surface area contributed by atoms with E-state index in [0.717, 1.165) is 0 Å². The van der Waals surface area contributed by atoms with E-state index < -0.39 is 5.91 Å². The zero-order chi connectivity index (χ0) is 12.4. The topological polar surface area (TPSA) is 80.9 Å². The summed E-state index contributed by atoms with van der Waals surface area (Å²) in [5, 5.41) is 6.14. The number of carbonyl (C=O) groups excluding carboxylic acids is 1. The Kier molecular flexibility index (Phi) is 3.26. The van der Waals surface area contributed by atoms with Crippen molar-refractivity contribution >= 4 is 35.1 Å². The second kappa shape index (κ2) is 4.68. The minimum atomic E-state index is -0.497. The van der Waals surface area contributed by atoms with Crippen molar-refractivity contribution in [3.8, 4) is 0 Å². The van der Waals surface area contributed by atoms with E-state index in [9.17, 15) is 4.79 Å². The molecule has 2 heterocycles. The normalized spacial score (nSPS) is 10.3. The number of rotatable bonds is 2. The quantitative estimate of drug-likeness (QED) is 0.849. The predicted octanol–water partition coefficient (Wildman–Crippen LogP) is 2.33. The molecule has 0 aliphatic rings. The van der Waals surface area contributed by atoms with Gasteiger partial charge in [0.05, 0.1) is 5.56 Å². The van der Waals surface area contributed by atoms with Crippen LogP contribution in [0.4, 0.5) is 6.01 Å². The van der Waals surface area contributed by atoms with Crippen LogP contribution in [0.15, 0.2) is 16.7 Å². The number of aromatic nitrogens is 3. The number of nitrogens with one attached hydrogen (secondary N) is 1. The van der Waals surface area contributed by atoms with Crippen LogP contribution < -0.4 is 5.32 Å². The molecule has 17 heavy (non-hydrogen) atoms. The van der Waals surface area contributed by atoms with Crippen LogP contribution in [0.2, 0.25) is 10.3 Å². The number of nitrogens with zero attached hydrogens (tertiary/aromatic N) is 3. The number of amides is 1. The van der Waals surface area contributed by atoms with Gasteiger partial charge in [-0.25, -0.2) is 4.98 Å². The summed E-state index contributed by atoms with van der Waals surface area (Å²) in [5.41, 5.74) is 0.173. The Labute approximate surface area is 106 Å². The van der Waals surface area contributed by atoms with Gasteiger partial charge in [-0.05, 0) is 19.1 Å². The van der Waals surface area contributed by atoms with Crippen molar-refractivity contribution in [2.45, 2.75) is 6.92 Å². The zero-order valence-electron chi connectivity index (χ0n) is 8.57. The zero-order valence-corrected chi connectivity index (χ0v) is 10.1. The average molecular weight is 273 g/mol. The molecule has 0 atom stereocenters. The third kappa shape index (κ3) is 2.72. The smallest absolute Gasteiger partial charge is 0.315 e. The van der Waals surface area contributed by atoms with Gasteiger partial charge in [0, 0.05) is 0 Å². The molecule has 88 valence electrons. The number of hydrogen-bond donors (Lipinski definition) is 1. The summed E-state index contributed by atoms with van der Waals surface area (Å²) in [6, 6.07) is 2.91. The highest BCUT2D eigenvalue weighted by Crippen LogP contribution is 2.17. The van der Waals surface area contributed by atoms with Crippen molar-refractivity contribution in [1.29, 1.82) is 0 Å². The molecule has 2 aromatic rings. The van der Waals surface area contributed by atoms with E-state index in [1.807, 2.05) is 0 Å². The van der Waals surface area contributed by atoms with Crippen molar-refractivity contribution < 1.29 is 9.32 Å². The lowest BCUT2D eigenvalue weighted by Crippen LogP contribution is -2.13. The molecule has 0 saturated heterocycles. The number of aryl methyl sites for hydroxylation is 1. The van der Waals surface area contributed by atoms with E-state index in [2.05, 4.69) is 20.4 Å². The second-order valence-corrected chi connectivity index (χ2v) is 3.82. The maximum atomic E-state index is 11.7. The van der Waals surface area contributed by atoms with Gasteiger partial charge >= 0.3 is 6.01 Å². The first-order valence-corrected chi connectivity index (χ1v) is 5.25. The van der Waals surface area contributed by atoms with Gasteiger partial charge in [0.1, 0.15) is 10.3 Å². The van der Waals surface area contributed by atoms with Crippen LogP contribution in [-0.2, 0) is 0 Å². The van der Waals surface area contributed by atoms with E-state index in [4.69, 9.17) is 27.7 Å². The molecule has 0 aliphatic heterocycles. The fourth-order valence-electron chi connectivity index (χ4n) is 1.09. The van der Waals surface area contributed by atoms with Gasteiger partial charge in [-0.2, -0.15) is 4.98 Å². The average Bonchev–Trinajstić information content (AvgIpc) is 2.63. The van der Waals surface area contributed by atoms with Gasteiger partial charge in [0.15, 0.2) is 5.82 Å². The molecule has 0 aliphatic carbocycles. The van der Waals surface area contributed by atoms with Gasteiger partial charge < -0.3 is 4.52 Å². The largest absolute Gasteiger partial charge is 0.328 e. The summed E-state index contributed by atoms with van der Waals surface area (Å²) < 4.78 is 4.74. The molecule has 8 heteroatoms. The molecule has 0 unspecified atom stereocenters. The lowest BCUT2D eigenvalue weighted by atomic mass is 10.3. The van der Waals surface area contributed by atoms with Crippen molar-refractivity contribution in [2.24, 2.45) is 0 Å². The highest BCUT2D eigenvalue weighted by molar-refractivity contribution is 6.35. The summed E-state index contributed by atoms with van der Waals surface area (Å²) in [7, 11) is 0. The maximum Gasteiger partial charge on any atom is 0.328 e. The molecule has 2 aromatic heterocycles. The molecule has 0 fully saturated rings. The molecule has 0 aromatic carbocycles. The molecule has 6 nitrogen and oxygen atoms in total. The first-order valence-electron chi connectivity index (χ1n) is 4.50. The maximum absolute atomic E-state index is 11.7. The molecule has 0 spiro atoms. The van der Waals surface area contributed by atoms with E-state index in [-0.39, 0.29) is 21.9 Å². The number of hydrogen-bond acceptors (Lipinski definition) is 5. The van der Waals surface area contributed by atoms with E-state index in [1.54, 1.807) is 6.92 Å². The van der Waals surface area contributed by atoms with Crippen LogP contribution in [0.3, 0.4) is 0 Å². The third-order valence-electron chi connectivity index (χ3n) is 1.81. The van der Waals surface area contributed by atoms with Crippen LogP contribution in [0.25, 0.3) is 0 Å². The Morgan fingerprint density at radius 3 is 2.71 bits per heavy atom. The minimum absolute atomic E-state index is 0.00137. The molecule has 0 radical (unpaired) electrons. The Balaban J connectivity index is 2.20. The Morgan fingerprint density at radius 2 is 2.12 bits per heavy atom. The highest BCUT2D eigenvalue weighted by Gasteiger charge is 2.14. The number of carbonyl (C=O) groups is 1. The number of pyridine rings is 1. The van der Waals surface area contributed by atoms with Crippen LogP contribution in [0.5, 0.6) is 0 Å². The molecular weight excluding hydrogens is 267 g/mol. The van der Waals surface area contributed by atoms with E-state index in [1.165, 1.54) is 12.1 Å². The van der Waals surface area contributed by atoms with Crippen molar-refractivity contribution in [2.75, 3.05) is 5.32 Å². The minimum Gasteiger partial charge on any atom is -0.315 e. The fourth-order valence-corrected chi connectivity index (χ4v) is 1.52. The summed E-state index contributed by atoms with van der Waals surface area (Å²) in [6.45, 7) is 1.63. The molecule has 1 amide bonds. The Bertz CT molecular complexity index is 570. The van der Waals surface area contributed by atoms with Gasteiger partial charge in [-0.1, -0.05) is 28.4 Å². The SMILES string of the molecule is Cc1noc(NC(=O)c2ccc(Cl)nc2Cl)n1. The van der Waals surface area contributed by atoms with E-state index >= 15 is 0 Å². The third-order valence-corrected chi connectivity index (χ3v) is 2.31. The highest BCUT2D eigenvalue weighted by atomic mass is 35.5. The van der Waals surface area contributed by atoms with Gasteiger partial charge in [-0.3, -0.25) is 10.1 Å².